The van der Waals surface area contributed by atoms with Crippen LogP contribution in [0, 0.1) is 9.39 Å². The summed E-state index contributed by atoms with van der Waals surface area (Å²) in [5.41, 5.74) is 0.449. The second-order valence-electron chi connectivity index (χ2n) is 5.01. The van der Waals surface area contributed by atoms with Gasteiger partial charge in [0.05, 0.1) is 5.56 Å². The molecule has 4 nitrogen and oxygen atoms in total. The summed E-state index contributed by atoms with van der Waals surface area (Å²) in [6, 6.07) is 3.67. The molecule has 0 saturated carbocycles. The largest absolute Gasteiger partial charge is 0.347 e. The smallest absolute Gasteiger partial charge is 0.255 e. The topological polar surface area (TPSA) is 40.6 Å². The van der Waals surface area contributed by atoms with Gasteiger partial charge in [-0.15, -0.1) is 0 Å². The highest BCUT2D eigenvalue weighted by Gasteiger charge is 2.35. The minimum absolute atomic E-state index is 0.0621. The van der Waals surface area contributed by atoms with Crippen LogP contribution in [0.25, 0.3) is 0 Å². The Morgan fingerprint density at radius 3 is 2.70 bits per heavy atom. The van der Waals surface area contributed by atoms with Gasteiger partial charge in [0, 0.05) is 24.2 Å². The molecule has 1 atom stereocenters. The first-order valence-corrected chi connectivity index (χ1v) is 7.47. The number of nitrogens with zero attached hydrogens (tertiary/aromatic N) is 2. The highest BCUT2D eigenvalue weighted by molar-refractivity contribution is 14.1. The van der Waals surface area contributed by atoms with Gasteiger partial charge in [0.15, 0.2) is 0 Å². The van der Waals surface area contributed by atoms with Gasteiger partial charge >= 0.3 is 0 Å². The molecule has 1 aliphatic rings. The fourth-order valence-electron chi connectivity index (χ4n) is 2.38. The lowest BCUT2D eigenvalue weighted by Gasteiger charge is -2.26. The van der Waals surface area contributed by atoms with E-state index in [4.69, 9.17) is 0 Å². The summed E-state index contributed by atoms with van der Waals surface area (Å²) in [6.07, 6.45) is 1.49. The Morgan fingerprint density at radius 1 is 1.40 bits per heavy atom. The first-order chi connectivity index (χ1) is 9.41. The van der Waals surface area contributed by atoms with E-state index in [0.717, 1.165) is 6.42 Å². The molecular formula is C14H16FIN2O2. The molecule has 1 aliphatic heterocycles. The lowest BCUT2D eigenvalue weighted by Crippen LogP contribution is -2.45. The molecule has 20 heavy (non-hydrogen) atoms. The molecule has 1 aromatic carbocycles. The summed E-state index contributed by atoms with van der Waals surface area (Å²) in [5.74, 6) is -0.631. The SMILES string of the molecule is CN(C)C(=O)C1CCCN1C(=O)c1ccc(F)cc1I. The number of halogens is 2. The van der Waals surface area contributed by atoms with Gasteiger partial charge in [-0.05, 0) is 53.6 Å². The standard InChI is InChI=1S/C14H16FIN2O2/c1-17(2)14(20)12-4-3-7-18(12)13(19)10-6-5-9(15)8-11(10)16/h5-6,8,12H,3-4,7H2,1-2H3. The minimum Gasteiger partial charge on any atom is -0.347 e. The summed E-state index contributed by atoms with van der Waals surface area (Å²) < 4.78 is 13.7. The third kappa shape index (κ3) is 2.94. The van der Waals surface area contributed by atoms with Crippen LogP contribution < -0.4 is 0 Å². The zero-order valence-electron chi connectivity index (χ0n) is 11.4. The Labute approximate surface area is 131 Å². The number of carbonyl (C=O) groups excluding carboxylic acids is 2. The predicted molar refractivity (Wildman–Crippen MR) is 81.9 cm³/mol. The molecule has 108 valence electrons. The van der Waals surface area contributed by atoms with Crippen molar-refractivity contribution in [2.75, 3.05) is 20.6 Å². The van der Waals surface area contributed by atoms with E-state index in [0.29, 0.717) is 22.1 Å². The first-order valence-electron chi connectivity index (χ1n) is 6.39. The molecule has 0 N–H and O–H groups in total. The van der Waals surface area contributed by atoms with Gasteiger partial charge in [0.2, 0.25) is 5.91 Å². The van der Waals surface area contributed by atoms with Crippen LogP contribution >= 0.6 is 22.6 Å². The normalized spacial score (nSPS) is 18.2. The van der Waals surface area contributed by atoms with Gasteiger partial charge < -0.3 is 9.80 Å². The maximum absolute atomic E-state index is 13.1. The fraction of sp³-hybridized carbons (Fsp3) is 0.429. The van der Waals surface area contributed by atoms with Crippen LogP contribution in [0.15, 0.2) is 18.2 Å². The molecular weight excluding hydrogens is 374 g/mol. The molecule has 2 rings (SSSR count). The Morgan fingerprint density at radius 2 is 2.10 bits per heavy atom. The summed E-state index contributed by atoms with van der Waals surface area (Å²) in [7, 11) is 3.37. The number of rotatable bonds is 2. The lowest BCUT2D eigenvalue weighted by atomic mass is 10.1. The van der Waals surface area contributed by atoms with Gasteiger partial charge in [0.25, 0.3) is 5.91 Å². The average Bonchev–Trinajstić information content (AvgIpc) is 2.86. The van der Waals surface area contributed by atoms with E-state index in [1.54, 1.807) is 19.0 Å². The number of hydrogen-bond acceptors (Lipinski definition) is 2. The number of likely N-dealkylation sites (tertiary alicyclic amines) is 1. The molecule has 1 heterocycles. The minimum atomic E-state index is -0.404. The maximum atomic E-state index is 13.1. The van der Waals surface area contributed by atoms with Crippen LogP contribution in [0.5, 0.6) is 0 Å². The van der Waals surface area contributed by atoms with Crippen molar-refractivity contribution < 1.29 is 14.0 Å². The highest BCUT2D eigenvalue weighted by atomic mass is 127. The maximum Gasteiger partial charge on any atom is 0.255 e. The third-order valence-electron chi connectivity index (χ3n) is 3.40. The average molecular weight is 390 g/mol. The summed E-state index contributed by atoms with van der Waals surface area (Å²) in [5, 5.41) is 0. The molecule has 1 fully saturated rings. The molecule has 0 radical (unpaired) electrons. The van der Waals surface area contributed by atoms with Crippen LogP contribution in [-0.4, -0.2) is 48.3 Å². The molecule has 0 aromatic heterocycles. The monoisotopic (exact) mass is 390 g/mol. The second-order valence-corrected chi connectivity index (χ2v) is 6.18. The lowest BCUT2D eigenvalue weighted by molar-refractivity contribution is -0.132. The number of likely N-dealkylation sites (N-methyl/N-ethyl adjacent to an activating group) is 1. The van der Waals surface area contributed by atoms with Crippen molar-refractivity contribution in [3.63, 3.8) is 0 Å². The van der Waals surface area contributed by atoms with Crippen molar-refractivity contribution >= 4 is 34.4 Å². The van der Waals surface area contributed by atoms with Crippen LogP contribution in [-0.2, 0) is 4.79 Å². The number of amides is 2. The zero-order valence-corrected chi connectivity index (χ0v) is 13.6. The molecule has 1 saturated heterocycles. The van der Waals surface area contributed by atoms with Gasteiger partial charge in [-0.25, -0.2) is 4.39 Å². The number of hydrogen-bond donors (Lipinski definition) is 0. The third-order valence-corrected chi connectivity index (χ3v) is 4.29. The van der Waals surface area contributed by atoms with Crippen LogP contribution in [0.1, 0.15) is 23.2 Å². The Hall–Kier alpha value is -1.18. The van der Waals surface area contributed by atoms with Crippen molar-refractivity contribution in [2.24, 2.45) is 0 Å². The van der Waals surface area contributed by atoms with Crippen molar-refractivity contribution in [1.82, 2.24) is 9.80 Å². The van der Waals surface area contributed by atoms with E-state index >= 15 is 0 Å². The van der Waals surface area contributed by atoms with E-state index in [2.05, 4.69) is 0 Å². The van der Waals surface area contributed by atoms with E-state index in [1.165, 1.54) is 23.1 Å². The van der Waals surface area contributed by atoms with Crippen LogP contribution in [0.2, 0.25) is 0 Å². The quantitative estimate of drug-likeness (QED) is 0.727. The Bertz CT molecular complexity index is 548. The summed E-state index contributed by atoms with van der Waals surface area (Å²) in [6.45, 7) is 0.566. The molecule has 1 aromatic rings. The van der Waals surface area contributed by atoms with E-state index in [9.17, 15) is 14.0 Å². The number of carbonyl (C=O) groups is 2. The molecule has 6 heteroatoms. The van der Waals surface area contributed by atoms with E-state index < -0.39 is 6.04 Å². The molecule has 0 bridgehead atoms. The van der Waals surface area contributed by atoms with Gasteiger partial charge in [-0.1, -0.05) is 0 Å². The Kier molecular flexibility index (Phi) is 4.62. The van der Waals surface area contributed by atoms with Gasteiger partial charge in [-0.3, -0.25) is 9.59 Å². The molecule has 2 amide bonds. The highest BCUT2D eigenvalue weighted by Crippen LogP contribution is 2.24. The van der Waals surface area contributed by atoms with Gasteiger partial charge in [0.1, 0.15) is 11.9 Å². The van der Waals surface area contributed by atoms with Crippen molar-refractivity contribution in [3.8, 4) is 0 Å². The number of benzene rings is 1. The van der Waals surface area contributed by atoms with E-state index in [-0.39, 0.29) is 17.6 Å². The Balaban J connectivity index is 2.25. The van der Waals surface area contributed by atoms with Crippen LogP contribution in [0.4, 0.5) is 4.39 Å². The van der Waals surface area contributed by atoms with Crippen molar-refractivity contribution in [1.29, 1.82) is 0 Å². The zero-order chi connectivity index (χ0) is 14.9. The van der Waals surface area contributed by atoms with Gasteiger partial charge in [-0.2, -0.15) is 0 Å². The first kappa shape index (κ1) is 15.2. The fourth-order valence-corrected chi connectivity index (χ4v) is 3.09. The second kappa shape index (κ2) is 6.07. The predicted octanol–water partition coefficient (Wildman–Crippen LogP) is 2.12. The summed E-state index contributed by atoms with van der Waals surface area (Å²) >= 11 is 1.94. The molecule has 0 spiro atoms. The molecule has 1 unspecified atom stereocenters. The van der Waals surface area contributed by atoms with Crippen LogP contribution in [0.3, 0.4) is 0 Å². The molecule has 0 aliphatic carbocycles. The van der Waals surface area contributed by atoms with E-state index in [1.807, 2.05) is 22.6 Å². The van der Waals surface area contributed by atoms with Crippen molar-refractivity contribution in [2.45, 2.75) is 18.9 Å². The summed E-state index contributed by atoms with van der Waals surface area (Å²) in [4.78, 5) is 27.7. The van der Waals surface area contributed by atoms with Crippen molar-refractivity contribution in [3.05, 3.63) is 33.1 Å².